The molecule has 0 saturated heterocycles. The Morgan fingerprint density at radius 3 is 2.40 bits per heavy atom. The van der Waals surface area contributed by atoms with Gasteiger partial charge in [-0.2, -0.15) is 0 Å². The van der Waals surface area contributed by atoms with Gasteiger partial charge in [-0.25, -0.2) is 0 Å². The molecule has 0 spiro atoms. The number of benzene rings is 2. The Labute approximate surface area is 180 Å². The molecule has 0 N–H and O–H groups in total. The summed E-state index contributed by atoms with van der Waals surface area (Å²) in [7, 11) is 0. The molecule has 0 amide bonds. The minimum Gasteiger partial charge on any atom is -0.251 e. The maximum absolute atomic E-state index is 5.01. The normalized spacial score (nSPS) is 12.5. The topological polar surface area (TPSA) is 25.8 Å². The van der Waals surface area contributed by atoms with Crippen molar-refractivity contribution in [2.24, 2.45) is 5.92 Å². The molecule has 1 unspecified atom stereocenters. The van der Waals surface area contributed by atoms with E-state index >= 15 is 0 Å². The highest BCUT2D eigenvalue weighted by atomic mass is 14.8. The van der Waals surface area contributed by atoms with E-state index in [0.29, 0.717) is 0 Å². The Balaban J connectivity index is 1.72. The minimum atomic E-state index is 0.775. The largest absolute Gasteiger partial charge is 0.251 e. The lowest BCUT2D eigenvalue weighted by Crippen LogP contribution is -2.03. The van der Waals surface area contributed by atoms with E-state index < -0.39 is 0 Å². The molecule has 4 aromatic rings. The number of unbranched alkanes of at least 4 members (excludes halogenated alkanes) is 1. The molecule has 30 heavy (non-hydrogen) atoms. The number of pyridine rings is 2. The van der Waals surface area contributed by atoms with Crippen LogP contribution in [0, 0.1) is 19.8 Å². The predicted octanol–water partition coefficient (Wildman–Crippen LogP) is 7.83. The fourth-order valence-corrected chi connectivity index (χ4v) is 4.44. The van der Waals surface area contributed by atoms with Gasteiger partial charge in [0, 0.05) is 27.7 Å². The molecule has 2 aromatic carbocycles. The average molecular weight is 397 g/mol. The summed E-state index contributed by atoms with van der Waals surface area (Å²) < 4.78 is 0. The Bertz CT molecular complexity index is 1180. The summed E-state index contributed by atoms with van der Waals surface area (Å²) in [6.07, 6.45) is 6.35. The van der Waals surface area contributed by atoms with Crippen molar-refractivity contribution in [3.05, 3.63) is 71.5 Å². The summed E-state index contributed by atoms with van der Waals surface area (Å²) in [5, 5.41) is 2.30. The van der Waals surface area contributed by atoms with E-state index in [1.54, 1.807) is 0 Å². The molecule has 0 radical (unpaired) electrons. The monoisotopic (exact) mass is 396 g/mol. The van der Waals surface area contributed by atoms with Crippen molar-refractivity contribution in [2.45, 2.75) is 59.8 Å². The van der Waals surface area contributed by atoms with Crippen molar-refractivity contribution in [1.29, 1.82) is 0 Å². The Kier molecular flexibility index (Phi) is 6.13. The van der Waals surface area contributed by atoms with Crippen molar-refractivity contribution < 1.29 is 0 Å². The third-order valence-electron chi connectivity index (χ3n) is 6.28. The smallest absolute Gasteiger partial charge is 0.0968 e. The zero-order valence-corrected chi connectivity index (χ0v) is 18.7. The van der Waals surface area contributed by atoms with Crippen molar-refractivity contribution in [2.75, 3.05) is 0 Å². The lowest BCUT2D eigenvalue weighted by Gasteiger charge is -2.16. The van der Waals surface area contributed by atoms with Gasteiger partial charge in [-0.05, 0) is 49.4 Å². The van der Waals surface area contributed by atoms with E-state index in [4.69, 9.17) is 9.97 Å². The van der Waals surface area contributed by atoms with Crippen molar-refractivity contribution >= 4 is 21.8 Å². The number of hydrogen-bond acceptors (Lipinski definition) is 2. The molecule has 2 heterocycles. The van der Waals surface area contributed by atoms with Crippen LogP contribution < -0.4 is 0 Å². The number of aromatic nitrogens is 2. The fraction of sp³-hybridized carbons (Fsp3) is 0.357. The number of hydrogen-bond donors (Lipinski definition) is 0. The van der Waals surface area contributed by atoms with Crippen LogP contribution in [0.15, 0.2) is 54.6 Å². The van der Waals surface area contributed by atoms with Gasteiger partial charge in [0.2, 0.25) is 0 Å². The second kappa shape index (κ2) is 8.95. The highest BCUT2D eigenvalue weighted by Crippen LogP contribution is 2.31. The molecular weight excluding hydrogens is 364 g/mol. The summed E-state index contributed by atoms with van der Waals surface area (Å²) in [6, 6.07) is 19.9. The van der Waals surface area contributed by atoms with Gasteiger partial charge in [0.25, 0.3) is 0 Å². The van der Waals surface area contributed by atoms with Gasteiger partial charge < -0.3 is 0 Å². The maximum atomic E-state index is 5.01. The van der Waals surface area contributed by atoms with E-state index in [1.165, 1.54) is 42.4 Å². The van der Waals surface area contributed by atoms with Gasteiger partial charge in [-0.3, -0.25) is 9.97 Å². The highest BCUT2D eigenvalue weighted by molar-refractivity contribution is 6.04. The summed E-state index contributed by atoms with van der Waals surface area (Å²) in [6.45, 7) is 8.76. The Morgan fingerprint density at radius 2 is 1.60 bits per heavy atom. The van der Waals surface area contributed by atoms with Crippen LogP contribution in [0.4, 0.5) is 0 Å². The average Bonchev–Trinajstić information content (AvgIpc) is 2.76. The van der Waals surface area contributed by atoms with Crippen LogP contribution in [0.2, 0.25) is 0 Å². The van der Waals surface area contributed by atoms with E-state index in [2.05, 4.69) is 75.4 Å². The van der Waals surface area contributed by atoms with Crippen LogP contribution in [0.25, 0.3) is 32.9 Å². The molecule has 2 nitrogen and oxygen atoms in total. The van der Waals surface area contributed by atoms with Crippen molar-refractivity contribution in [1.82, 2.24) is 9.97 Å². The van der Waals surface area contributed by atoms with Gasteiger partial charge in [0.1, 0.15) is 0 Å². The van der Waals surface area contributed by atoms with Crippen LogP contribution in [-0.2, 0) is 6.42 Å². The molecule has 154 valence electrons. The molecule has 4 rings (SSSR count). The Morgan fingerprint density at radius 1 is 0.833 bits per heavy atom. The van der Waals surface area contributed by atoms with Crippen LogP contribution in [0.1, 0.15) is 56.5 Å². The fourth-order valence-electron chi connectivity index (χ4n) is 4.44. The van der Waals surface area contributed by atoms with E-state index in [0.717, 1.165) is 45.5 Å². The molecule has 0 bridgehead atoms. The lowest BCUT2D eigenvalue weighted by molar-refractivity contribution is 0.449. The minimum absolute atomic E-state index is 0.775. The van der Waals surface area contributed by atoms with Crippen LogP contribution in [0.3, 0.4) is 0 Å². The first-order chi connectivity index (χ1) is 14.6. The molecule has 0 fully saturated rings. The lowest BCUT2D eigenvalue weighted by atomic mass is 9.90. The summed E-state index contributed by atoms with van der Waals surface area (Å²) in [4.78, 5) is 9.77. The van der Waals surface area contributed by atoms with Crippen molar-refractivity contribution in [3.8, 4) is 11.1 Å². The number of fused-ring (bicyclic) bond motifs is 3. The van der Waals surface area contributed by atoms with Gasteiger partial charge in [-0.1, -0.05) is 82.0 Å². The third kappa shape index (κ3) is 4.23. The zero-order chi connectivity index (χ0) is 21.1. The van der Waals surface area contributed by atoms with Gasteiger partial charge in [0.15, 0.2) is 0 Å². The van der Waals surface area contributed by atoms with Crippen molar-refractivity contribution in [3.63, 3.8) is 0 Å². The van der Waals surface area contributed by atoms with E-state index in [9.17, 15) is 0 Å². The molecule has 2 aromatic heterocycles. The molecule has 0 aliphatic rings. The number of nitrogens with zero attached hydrogens (tertiary/aromatic N) is 2. The van der Waals surface area contributed by atoms with E-state index in [-0.39, 0.29) is 0 Å². The SMILES string of the molecule is CCCCC(CC)Cc1cccc(-c2cc3ccc4ccc(C)nc4c3nc2C)c1. The molecule has 0 aliphatic heterocycles. The maximum Gasteiger partial charge on any atom is 0.0968 e. The highest BCUT2D eigenvalue weighted by Gasteiger charge is 2.12. The first-order valence-electron chi connectivity index (χ1n) is 11.4. The molecule has 0 saturated carbocycles. The molecule has 1 atom stereocenters. The third-order valence-corrected chi connectivity index (χ3v) is 6.28. The second-order valence-electron chi connectivity index (χ2n) is 8.60. The summed E-state index contributed by atoms with van der Waals surface area (Å²) >= 11 is 0. The van der Waals surface area contributed by atoms with Crippen LogP contribution >= 0.6 is 0 Å². The molecule has 0 aliphatic carbocycles. The van der Waals surface area contributed by atoms with Crippen LogP contribution in [-0.4, -0.2) is 9.97 Å². The molecular formula is C28H32N2. The second-order valence-corrected chi connectivity index (χ2v) is 8.60. The summed E-state index contributed by atoms with van der Waals surface area (Å²) in [5.41, 5.74) is 8.01. The van der Waals surface area contributed by atoms with Gasteiger partial charge in [0.05, 0.1) is 11.0 Å². The molecule has 2 heteroatoms. The standard InChI is InChI=1S/C28H32N2/c1-5-7-9-21(6-2)16-22-10-8-11-24(17-22)26-18-25-15-14-23-13-12-19(3)29-27(23)28(25)30-20(26)4/h8,10-15,17-18,21H,5-7,9,16H2,1-4H3. The van der Waals surface area contributed by atoms with Crippen LogP contribution in [0.5, 0.6) is 0 Å². The Hall–Kier alpha value is -2.74. The number of rotatable bonds is 7. The summed E-state index contributed by atoms with van der Waals surface area (Å²) in [5.74, 6) is 0.775. The van der Waals surface area contributed by atoms with Gasteiger partial charge >= 0.3 is 0 Å². The van der Waals surface area contributed by atoms with E-state index in [1.807, 2.05) is 6.92 Å². The first-order valence-corrected chi connectivity index (χ1v) is 11.4. The zero-order valence-electron chi connectivity index (χ0n) is 18.7. The quantitative estimate of drug-likeness (QED) is 0.297. The van der Waals surface area contributed by atoms with Gasteiger partial charge in [-0.15, -0.1) is 0 Å². The first kappa shape index (κ1) is 20.5. The predicted molar refractivity (Wildman–Crippen MR) is 129 cm³/mol. The number of aryl methyl sites for hydroxylation is 2.